The lowest BCUT2D eigenvalue weighted by Crippen LogP contribution is -2.01. The molecule has 4 heteroatoms. The van der Waals surface area contributed by atoms with Crippen LogP contribution in [-0.2, 0) is 16.0 Å². The van der Waals surface area contributed by atoms with Crippen LogP contribution in [0.2, 0.25) is 0 Å². The molecule has 0 saturated carbocycles. The fraction of sp³-hybridized carbons (Fsp3) is 0.182. The summed E-state index contributed by atoms with van der Waals surface area (Å²) in [4.78, 5) is 11.2. The summed E-state index contributed by atoms with van der Waals surface area (Å²) in [6, 6.07) is 5.18. The van der Waals surface area contributed by atoms with Crippen molar-refractivity contribution in [3.8, 4) is 5.75 Å². The molecule has 0 bridgehead atoms. The van der Waals surface area contributed by atoms with E-state index in [9.17, 15) is 9.90 Å². The number of carbonyl (C=O) groups is 1. The zero-order valence-corrected chi connectivity index (χ0v) is 9.45. The molecule has 1 aliphatic heterocycles. The first-order valence-corrected chi connectivity index (χ1v) is 5.29. The highest BCUT2D eigenvalue weighted by molar-refractivity contribution is 9.10. The van der Waals surface area contributed by atoms with Crippen molar-refractivity contribution < 1.29 is 14.6 Å². The Morgan fingerprint density at radius 3 is 2.87 bits per heavy atom. The van der Waals surface area contributed by atoms with Crippen molar-refractivity contribution in [2.45, 2.75) is 6.42 Å². The standard InChI is InChI=1S/C11H9BrO3/c12-9-6-7(1-2-10(9)13)5-8-3-4-15-11(8)14/h1-3,6,13H,4-5H2. The summed E-state index contributed by atoms with van der Waals surface area (Å²) in [5, 5.41) is 9.30. The maximum atomic E-state index is 11.2. The number of phenols is 1. The number of benzene rings is 1. The van der Waals surface area contributed by atoms with Gasteiger partial charge in [0.15, 0.2) is 0 Å². The number of aromatic hydroxyl groups is 1. The minimum Gasteiger partial charge on any atom is -0.507 e. The van der Waals surface area contributed by atoms with E-state index >= 15 is 0 Å². The van der Waals surface area contributed by atoms with Crippen LogP contribution in [0.1, 0.15) is 5.56 Å². The third-order valence-corrected chi connectivity index (χ3v) is 2.85. The first-order valence-electron chi connectivity index (χ1n) is 4.50. The molecule has 0 fully saturated rings. The van der Waals surface area contributed by atoms with Gasteiger partial charge in [0, 0.05) is 12.0 Å². The number of phenolic OH excluding ortho intramolecular Hbond substituents is 1. The van der Waals surface area contributed by atoms with Crippen LogP contribution in [0.4, 0.5) is 0 Å². The van der Waals surface area contributed by atoms with Crippen molar-refractivity contribution in [2.24, 2.45) is 0 Å². The molecular formula is C11H9BrO3. The molecule has 0 amide bonds. The van der Waals surface area contributed by atoms with Gasteiger partial charge in [0.25, 0.3) is 0 Å². The lowest BCUT2D eigenvalue weighted by molar-refractivity contribution is -0.136. The van der Waals surface area contributed by atoms with Gasteiger partial charge >= 0.3 is 5.97 Å². The van der Waals surface area contributed by atoms with Crippen LogP contribution in [0.5, 0.6) is 5.75 Å². The van der Waals surface area contributed by atoms with Gasteiger partial charge in [-0.3, -0.25) is 0 Å². The minimum atomic E-state index is -0.251. The number of hydrogen-bond acceptors (Lipinski definition) is 3. The van der Waals surface area contributed by atoms with Gasteiger partial charge in [-0.1, -0.05) is 6.07 Å². The van der Waals surface area contributed by atoms with E-state index in [4.69, 9.17) is 4.74 Å². The normalized spacial score (nSPS) is 15.0. The largest absolute Gasteiger partial charge is 0.507 e. The summed E-state index contributed by atoms with van der Waals surface area (Å²) in [7, 11) is 0. The van der Waals surface area contributed by atoms with Gasteiger partial charge in [-0.15, -0.1) is 0 Å². The SMILES string of the molecule is O=C1OCC=C1Cc1ccc(O)c(Br)c1. The number of hydrogen-bond donors (Lipinski definition) is 1. The Morgan fingerprint density at radius 1 is 1.47 bits per heavy atom. The minimum absolute atomic E-state index is 0.196. The van der Waals surface area contributed by atoms with Gasteiger partial charge in [0.2, 0.25) is 0 Å². The first-order chi connectivity index (χ1) is 7.16. The summed E-state index contributed by atoms with van der Waals surface area (Å²) in [5.74, 6) is -0.0547. The topological polar surface area (TPSA) is 46.5 Å². The quantitative estimate of drug-likeness (QED) is 0.837. The molecule has 0 aromatic heterocycles. The second-order valence-electron chi connectivity index (χ2n) is 3.29. The molecule has 1 heterocycles. The van der Waals surface area contributed by atoms with Crippen LogP contribution < -0.4 is 0 Å². The molecule has 1 aromatic rings. The van der Waals surface area contributed by atoms with Crippen LogP contribution in [-0.4, -0.2) is 17.7 Å². The molecule has 3 nitrogen and oxygen atoms in total. The number of carbonyl (C=O) groups excluding carboxylic acids is 1. The van der Waals surface area contributed by atoms with E-state index in [-0.39, 0.29) is 11.7 Å². The van der Waals surface area contributed by atoms with Crippen molar-refractivity contribution in [3.05, 3.63) is 39.9 Å². The fourth-order valence-corrected chi connectivity index (χ4v) is 1.84. The molecular weight excluding hydrogens is 260 g/mol. The van der Waals surface area contributed by atoms with E-state index in [0.29, 0.717) is 23.1 Å². The average Bonchev–Trinajstić information content (AvgIpc) is 2.59. The van der Waals surface area contributed by atoms with E-state index < -0.39 is 0 Å². The van der Waals surface area contributed by atoms with Crippen molar-refractivity contribution >= 4 is 21.9 Å². The molecule has 0 radical (unpaired) electrons. The lowest BCUT2D eigenvalue weighted by Gasteiger charge is -2.02. The summed E-state index contributed by atoms with van der Waals surface area (Å²) in [6.07, 6.45) is 2.32. The zero-order valence-electron chi connectivity index (χ0n) is 7.87. The van der Waals surface area contributed by atoms with E-state index in [0.717, 1.165) is 5.56 Å². The Balaban J connectivity index is 2.18. The van der Waals surface area contributed by atoms with E-state index in [1.165, 1.54) is 0 Å². The van der Waals surface area contributed by atoms with Gasteiger partial charge in [0.1, 0.15) is 12.4 Å². The number of halogens is 1. The zero-order chi connectivity index (χ0) is 10.8. The van der Waals surface area contributed by atoms with Gasteiger partial charge in [-0.25, -0.2) is 4.79 Å². The van der Waals surface area contributed by atoms with Crippen LogP contribution >= 0.6 is 15.9 Å². The van der Waals surface area contributed by atoms with E-state index in [1.807, 2.05) is 0 Å². The maximum absolute atomic E-state index is 11.2. The molecule has 78 valence electrons. The summed E-state index contributed by atoms with van der Waals surface area (Å²) in [5.41, 5.74) is 1.64. The predicted molar refractivity (Wildman–Crippen MR) is 58.6 cm³/mol. The molecule has 0 saturated heterocycles. The summed E-state index contributed by atoms with van der Waals surface area (Å²) in [6.45, 7) is 0.368. The second-order valence-corrected chi connectivity index (χ2v) is 4.14. The van der Waals surface area contributed by atoms with Crippen LogP contribution in [0, 0.1) is 0 Å². The number of rotatable bonds is 2. The smallest absolute Gasteiger partial charge is 0.334 e. The summed E-state index contributed by atoms with van der Waals surface area (Å²) >= 11 is 3.22. The molecule has 15 heavy (non-hydrogen) atoms. The van der Waals surface area contributed by atoms with Gasteiger partial charge in [-0.05, 0) is 39.7 Å². The Morgan fingerprint density at radius 2 is 2.27 bits per heavy atom. The van der Waals surface area contributed by atoms with Gasteiger partial charge < -0.3 is 9.84 Å². The fourth-order valence-electron chi connectivity index (χ4n) is 1.42. The highest BCUT2D eigenvalue weighted by Gasteiger charge is 2.16. The molecule has 0 aliphatic carbocycles. The van der Waals surface area contributed by atoms with E-state index in [2.05, 4.69) is 15.9 Å². The number of esters is 1. The molecule has 2 rings (SSSR count). The Labute approximate surface area is 95.5 Å². The monoisotopic (exact) mass is 268 g/mol. The Hall–Kier alpha value is -1.29. The number of ether oxygens (including phenoxy) is 1. The van der Waals surface area contributed by atoms with Crippen LogP contribution in [0.3, 0.4) is 0 Å². The van der Waals surface area contributed by atoms with Gasteiger partial charge in [0.05, 0.1) is 4.47 Å². The predicted octanol–water partition coefficient (Wildman–Crippen LogP) is 2.18. The molecule has 1 aliphatic rings. The highest BCUT2D eigenvalue weighted by Crippen LogP contribution is 2.25. The van der Waals surface area contributed by atoms with E-state index in [1.54, 1.807) is 24.3 Å². The Bertz CT molecular complexity index is 437. The van der Waals surface area contributed by atoms with Crippen LogP contribution in [0.25, 0.3) is 0 Å². The second kappa shape index (κ2) is 4.06. The molecule has 0 unspecified atom stereocenters. The van der Waals surface area contributed by atoms with Crippen LogP contribution in [0.15, 0.2) is 34.3 Å². The van der Waals surface area contributed by atoms with Crippen molar-refractivity contribution in [3.63, 3.8) is 0 Å². The molecule has 0 atom stereocenters. The highest BCUT2D eigenvalue weighted by atomic mass is 79.9. The van der Waals surface area contributed by atoms with Crippen molar-refractivity contribution in [1.29, 1.82) is 0 Å². The van der Waals surface area contributed by atoms with Crippen molar-refractivity contribution in [1.82, 2.24) is 0 Å². The third kappa shape index (κ3) is 2.21. The Kier molecular flexibility index (Phi) is 2.77. The maximum Gasteiger partial charge on any atom is 0.334 e. The molecule has 1 aromatic carbocycles. The first kappa shape index (κ1) is 10.2. The average molecular weight is 269 g/mol. The molecule has 1 N–H and O–H groups in total. The summed E-state index contributed by atoms with van der Waals surface area (Å²) < 4.78 is 5.43. The molecule has 0 spiro atoms. The van der Waals surface area contributed by atoms with Gasteiger partial charge in [-0.2, -0.15) is 0 Å². The number of cyclic esters (lactones) is 1. The third-order valence-electron chi connectivity index (χ3n) is 2.21. The van der Waals surface area contributed by atoms with Crippen molar-refractivity contribution in [2.75, 3.05) is 6.61 Å². The lowest BCUT2D eigenvalue weighted by atomic mass is 10.1.